The number of hydrogen-bond donors (Lipinski definition) is 6. The van der Waals surface area contributed by atoms with Crippen LogP contribution in [-0.4, -0.2) is 41.4 Å². The van der Waals surface area contributed by atoms with Gasteiger partial charge < -0.3 is 22.3 Å². The Hall–Kier alpha value is -6.07. The predicted octanol–water partition coefficient (Wildman–Crippen LogP) is 4.53. The van der Waals surface area contributed by atoms with E-state index in [2.05, 4.69) is 31.0 Å². The summed E-state index contributed by atoms with van der Waals surface area (Å²) in [6, 6.07) is 12.6. The first-order valence-electron chi connectivity index (χ1n) is 12.7. The highest BCUT2D eigenvalue weighted by molar-refractivity contribution is 7.91. The highest BCUT2D eigenvalue weighted by atomic mass is 32.2. The molecular formula is C28H25N9O7S. The molecule has 4 rings (SSSR count). The predicted molar refractivity (Wildman–Crippen MR) is 166 cm³/mol. The normalized spacial score (nSPS) is 14.6. The van der Waals surface area contributed by atoms with Crippen molar-refractivity contribution in [2.45, 2.75) is 13.8 Å². The highest BCUT2D eigenvalue weighted by Gasteiger charge is 2.33. The number of amides is 1. The maximum Gasteiger partial charge on any atom is 0.339 e. The molecule has 0 saturated carbocycles. The molecule has 0 radical (unpaired) electrons. The first-order valence-corrected chi connectivity index (χ1v) is 14.1. The largest absolute Gasteiger partial charge is 0.478 e. The fourth-order valence-corrected chi connectivity index (χ4v) is 4.49. The summed E-state index contributed by atoms with van der Waals surface area (Å²) >= 11 is 0. The lowest BCUT2D eigenvalue weighted by Gasteiger charge is -2.11. The van der Waals surface area contributed by atoms with Gasteiger partial charge in [-0.1, -0.05) is 0 Å². The molecule has 3 aromatic rings. The van der Waals surface area contributed by atoms with Crippen LogP contribution in [0, 0.1) is 13.8 Å². The van der Waals surface area contributed by atoms with Crippen LogP contribution in [0.2, 0.25) is 0 Å². The van der Waals surface area contributed by atoms with Gasteiger partial charge in [-0.05, 0) is 85.7 Å². The molecule has 17 heteroatoms. The number of nitrogens with zero attached hydrogens (tertiary/aromatic N) is 5. The van der Waals surface area contributed by atoms with E-state index in [9.17, 15) is 32.5 Å². The standard InChI is InChI=1S/C28H25N9O7S/c1-13-9-17(7-8-20(13)35-34-18-11-19(28(40)41)26(38)22(12-18)45(42,43)44)33-37-25-23(29)14(2)10-21(24(25)30)36-32-16-5-3-15(4-6-16)27(31)39/h3-12,35H,29-30H2,1-2H3,(H2,31,39)(H,40,41)(H,42,43,44)/b34-18+,36-32?,37-33?. The zero-order valence-corrected chi connectivity index (χ0v) is 24.4. The summed E-state index contributed by atoms with van der Waals surface area (Å²) < 4.78 is 32.4. The van der Waals surface area contributed by atoms with Crippen LogP contribution in [0.3, 0.4) is 0 Å². The molecule has 0 unspecified atom stereocenters. The average Bonchev–Trinajstić information content (AvgIpc) is 2.97. The van der Waals surface area contributed by atoms with E-state index in [0.29, 0.717) is 39.4 Å². The third kappa shape index (κ3) is 7.29. The molecule has 3 aromatic carbocycles. The van der Waals surface area contributed by atoms with Gasteiger partial charge in [-0.25, -0.2) is 4.79 Å². The number of ketones is 1. The number of carboxylic acid groups (broad SMARTS) is 1. The third-order valence-electron chi connectivity index (χ3n) is 6.32. The molecule has 0 aromatic heterocycles. The highest BCUT2D eigenvalue weighted by Crippen LogP contribution is 2.41. The minimum Gasteiger partial charge on any atom is -0.478 e. The van der Waals surface area contributed by atoms with Crippen LogP contribution >= 0.6 is 0 Å². The van der Waals surface area contributed by atoms with Gasteiger partial charge in [0.1, 0.15) is 21.9 Å². The SMILES string of the molecule is Cc1cc(N=Nc2c(N)c(C)cc(N=Nc3ccc(C(N)=O)cc3)c2N)ccc1N/N=C1\C=C(C(=O)O)C(=O)C(S(=O)(=O)O)=C1. The van der Waals surface area contributed by atoms with Crippen molar-refractivity contribution in [1.82, 2.24) is 0 Å². The van der Waals surface area contributed by atoms with Gasteiger partial charge in [0.25, 0.3) is 10.1 Å². The number of allylic oxidation sites excluding steroid dienone is 3. The lowest BCUT2D eigenvalue weighted by Crippen LogP contribution is -2.24. The maximum absolute atomic E-state index is 12.1. The van der Waals surface area contributed by atoms with E-state index in [1.165, 1.54) is 12.1 Å². The molecule has 0 saturated heterocycles. The second kappa shape index (κ2) is 12.7. The number of anilines is 3. The quantitative estimate of drug-likeness (QED) is 0.0479. The van der Waals surface area contributed by atoms with Crippen molar-refractivity contribution in [1.29, 1.82) is 0 Å². The van der Waals surface area contributed by atoms with Gasteiger partial charge in [-0.3, -0.25) is 19.6 Å². The molecule has 0 fully saturated rings. The molecule has 0 heterocycles. The topological polar surface area (TPSA) is 278 Å². The van der Waals surface area contributed by atoms with Crippen molar-refractivity contribution in [3.05, 3.63) is 87.9 Å². The number of Topliss-reactive ketones (excluding diaryl/α,β-unsaturated/α-hetero) is 1. The summed E-state index contributed by atoms with van der Waals surface area (Å²) in [7, 11) is -5.00. The Morgan fingerprint density at radius 2 is 1.49 bits per heavy atom. The fourth-order valence-electron chi connectivity index (χ4n) is 3.88. The zero-order valence-electron chi connectivity index (χ0n) is 23.6. The summed E-state index contributed by atoms with van der Waals surface area (Å²) in [6.07, 6.45) is 1.62. The number of carbonyl (C=O) groups is 3. The van der Waals surface area contributed by atoms with Crippen molar-refractivity contribution < 1.29 is 32.5 Å². The Bertz CT molecular complexity index is 2010. The van der Waals surface area contributed by atoms with Gasteiger partial charge in [0.2, 0.25) is 11.7 Å². The van der Waals surface area contributed by atoms with E-state index >= 15 is 0 Å². The molecule has 45 heavy (non-hydrogen) atoms. The molecule has 16 nitrogen and oxygen atoms in total. The van der Waals surface area contributed by atoms with E-state index in [4.69, 9.17) is 17.2 Å². The molecule has 1 aliphatic carbocycles. The van der Waals surface area contributed by atoms with Gasteiger partial charge in [0.15, 0.2) is 0 Å². The number of azo groups is 2. The smallest absolute Gasteiger partial charge is 0.339 e. The summed E-state index contributed by atoms with van der Waals surface area (Å²) in [4.78, 5) is 33.6. The Kier molecular flexibility index (Phi) is 8.96. The van der Waals surface area contributed by atoms with Gasteiger partial charge in [-0.15, -0.1) is 10.2 Å². The number of carboxylic acids is 1. The average molecular weight is 632 g/mol. The lowest BCUT2D eigenvalue weighted by atomic mass is 10.0. The molecule has 0 spiro atoms. The van der Waals surface area contributed by atoms with Crippen LogP contribution in [-0.2, 0) is 19.7 Å². The number of hydrogen-bond acceptors (Lipinski definition) is 13. The number of nitrogen functional groups attached to an aromatic ring is 2. The Balaban J connectivity index is 1.57. The van der Waals surface area contributed by atoms with Gasteiger partial charge >= 0.3 is 5.97 Å². The summed E-state index contributed by atoms with van der Waals surface area (Å²) in [5, 5.41) is 30.0. The zero-order chi connectivity index (χ0) is 33.1. The van der Waals surface area contributed by atoms with Crippen molar-refractivity contribution in [2.75, 3.05) is 16.9 Å². The summed E-state index contributed by atoms with van der Waals surface area (Å²) in [5.74, 6) is -3.62. The van der Waals surface area contributed by atoms with E-state index < -0.39 is 38.3 Å². The second-order valence-corrected chi connectivity index (χ2v) is 10.9. The fraction of sp³-hybridized carbons (Fsp3) is 0.0714. The molecule has 0 aliphatic heterocycles. The molecule has 1 amide bonds. The van der Waals surface area contributed by atoms with Gasteiger partial charge in [-0.2, -0.15) is 23.7 Å². The van der Waals surface area contributed by atoms with E-state index in [1.807, 2.05) is 0 Å². The number of aryl methyl sites for hydroxylation is 2. The minimum absolute atomic E-state index is 0.127. The Morgan fingerprint density at radius 1 is 0.844 bits per heavy atom. The molecule has 1 aliphatic rings. The van der Waals surface area contributed by atoms with Crippen LogP contribution in [0.1, 0.15) is 21.5 Å². The van der Waals surface area contributed by atoms with Gasteiger partial charge in [0, 0.05) is 5.56 Å². The number of aliphatic carboxylic acids is 1. The van der Waals surface area contributed by atoms with Crippen molar-refractivity contribution in [3.8, 4) is 0 Å². The maximum atomic E-state index is 12.1. The molecule has 0 bridgehead atoms. The molecule has 0 atom stereocenters. The first kappa shape index (κ1) is 31.9. The summed E-state index contributed by atoms with van der Waals surface area (Å²) in [5.41, 5.74) is 23.0. The van der Waals surface area contributed by atoms with Crippen LogP contribution in [0.4, 0.5) is 39.8 Å². The van der Waals surface area contributed by atoms with Crippen LogP contribution in [0.25, 0.3) is 0 Å². The lowest BCUT2D eigenvalue weighted by molar-refractivity contribution is -0.134. The first-order chi connectivity index (χ1) is 21.1. The van der Waals surface area contributed by atoms with Gasteiger partial charge in [0.05, 0.1) is 34.1 Å². The van der Waals surface area contributed by atoms with Crippen LogP contribution in [0.5, 0.6) is 0 Å². The number of nitrogens with two attached hydrogens (primary N) is 3. The monoisotopic (exact) mass is 631 g/mol. The molecule has 9 N–H and O–H groups in total. The Labute approximate surface area is 255 Å². The van der Waals surface area contributed by atoms with Crippen molar-refractivity contribution >= 4 is 73.3 Å². The number of benzene rings is 3. The molecular weight excluding hydrogens is 606 g/mol. The summed E-state index contributed by atoms with van der Waals surface area (Å²) in [6.45, 7) is 3.44. The second-order valence-electron chi connectivity index (χ2n) is 9.52. The van der Waals surface area contributed by atoms with E-state index in [1.54, 1.807) is 50.2 Å². The number of carbonyl (C=O) groups excluding carboxylic acids is 2. The Morgan fingerprint density at radius 3 is 2.09 bits per heavy atom. The number of rotatable bonds is 9. The number of nitrogens with one attached hydrogen (secondary N) is 1. The number of primary amides is 1. The van der Waals surface area contributed by atoms with Crippen LogP contribution < -0.4 is 22.6 Å². The van der Waals surface area contributed by atoms with Crippen molar-refractivity contribution in [3.63, 3.8) is 0 Å². The van der Waals surface area contributed by atoms with E-state index in [0.717, 1.165) is 12.2 Å². The van der Waals surface area contributed by atoms with E-state index in [-0.39, 0.29) is 22.8 Å². The third-order valence-corrected chi connectivity index (χ3v) is 7.18. The van der Waals surface area contributed by atoms with Crippen molar-refractivity contribution in [2.24, 2.45) is 31.3 Å². The minimum atomic E-state index is -5.00. The van der Waals surface area contributed by atoms with Crippen LogP contribution in [0.15, 0.2) is 96.7 Å². The molecule has 230 valence electrons. The number of hydrazone groups is 1.